The summed E-state index contributed by atoms with van der Waals surface area (Å²) in [5.41, 5.74) is 27.2. The zero-order valence-electron chi connectivity index (χ0n) is 69.3. The zero-order valence-corrected chi connectivity index (χ0v) is 69.3. The molecular weight excluding hydrogens is 1560 g/mol. The van der Waals surface area contributed by atoms with Gasteiger partial charge in [-0.25, -0.2) is 34.9 Å². The summed E-state index contributed by atoms with van der Waals surface area (Å²) in [6, 6.07) is 161. The van der Waals surface area contributed by atoms with Crippen LogP contribution in [-0.2, 0) is 0 Å². The Morgan fingerprint density at radius 2 is 0.422 bits per heavy atom. The fraction of sp³-hybridized carbons (Fsp3) is 0. The van der Waals surface area contributed by atoms with Crippen molar-refractivity contribution in [3.05, 3.63) is 455 Å². The summed E-state index contributed by atoms with van der Waals surface area (Å²) in [7, 11) is 0. The normalized spacial score (nSPS) is 11.6. The van der Waals surface area contributed by atoms with Crippen molar-refractivity contribution in [1.29, 1.82) is 0 Å². The van der Waals surface area contributed by atoms with Gasteiger partial charge in [-0.3, -0.25) is 0 Å². The molecule has 0 atom stereocenters. The first-order valence-corrected chi connectivity index (χ1v) is 43.3. The summed E-state index contributed by atoms with van der Waals surface area (Å²) in [5.74, 6) is 2.52. The molecule has 0 aliphatic rings. The summed E-state index contributed by atoms with van der Waals surface area (Å²) < 4.78 is 4.81. The number of nitrogens with zero attached hydrogens (tertiary/aromatic N) is 9. The highest BCUT2D eigenvalue weighted by molar-refractivity contribution is 6.27. The number of para-hydroxylation sites is 4. The van der Waals surface area contributed by atoms with Gasteiger partial charge in [-0.15, -0.1) is 0 Å². The van der Waals surface area contributed by atoms with Gasteiger partial charge >= 0.3 is 0 Å². The molecule has 19 aromatic carbocycles. The van der Waals surface area contributed by atoms with Crippen LogP contribution in [-0.4, -0.2) is 44.0 Å². The quantitative estimate of drug-likeness (QED) is 0.106. The zero-order chi connectivity index (χ0) is 84.5. The van der Waals surface area contributed by atoms with Gasteiger partial charge in [-0.2, -0.15) is 0 Å². The van der Waals surface area contributed by atoms with Crippen molar-refractivity contribution in [1.82, 2.24) is 44.0 Å². The van der Waals surface area contributed by atoms with Crippen LogP contribution < -0.4 is 0 Å². The van der Waals surface area contributed by atoms with E-state index < -0.39 is 0 Å². The molecule has 25 aromatic rings. The average molecular weight is 1630 g/mol. The fourth-order valence-electron chi connectivity index (χ4n) is 18.9. The summed E-state index contributed by atoms with van der Waals surface area (Å²) >= 11 is 0. The third kappa shape index (κ3) is 13.2. The molecule has 0 spiro atoms. The maximum atomic E-state index is 5.51. The molecule has 0 radical (unpaired) electrons. The van der Waals surface area contributed by atoms with Crippen LogP contribution in [0.1, 0.15) is 0 Å². The smallest absolute Gasteiger partial charge is 0.164 e. The molecule has 0 saturated heterocycles. The van der Waals surface area contributed by atoms with Crippen LogP contribution in [0.25, 0.3) is 244 Å². The number of benzene rings is 19. The third-order valence-corrected chi connectivity index (χ3v) is 25.0. The van der Waals surface area contributed by atoms with E-state index in [1.165, 1.54) is 54.2 Å². The van der Waals surface area contributed by atoms with Crippen molar-refractivity contribution in [2.45, 2.75) is 0 Å². The lowest BCUT2D eigenvalue weighted by atomic mass is 9.93. The Morgan fingerprint density at radius 3 is 0.797 bits per heavy atom. The number of fused-ring (bicyclic) bond motifs is 16. The van der Waals surface area contributed by atoms with E-state index in [-0.39, 0.29) is 0 Å². The van der Waals surface area contributed by atoms with E-state index in [9.17, 15) is 0 Å². The standard InChI is InChI=1S/C62H39N5.C57H36N4/c1-3-15-40(16-4-1)42-27-31-44(32-28-42)60-64-61(45-33-29-43(30-34-45)41-17-5-2-6-18-41)66-62(65-60)46-35-37-48(38-36-46)67-56-26-14-12-24-53(56)57-58(63-55-25-13-11-23-52(55)59(57)67)54-39-47-19-7-8-20-49(47)50-21-9-10-22-51(50)54;1-3-15-37(16-4-1)38-27-29-40(30-28-38)52-36-51(39-17-5-2-6-18-39)59-57(60-52)41-31-33-43(34-32-41)61-53-26-14-12-24-48(53)54-55(58-50-25-13-11-23-47(50)56(54)61)49-35-42-19-7-8-20-44(42)45-21-9-10-22-46(45)49/h1-39H;1-36H. The maximum absolute atomic E-state index is 5.51. The van der Waals surface area contributed by atoms with Crippen LogP contribution >= 0.6 is 0 Å². The molecule has 0 aliphatic carbocycles. The molecule has 0 amide bonds. The third-order valence-electron chi connectivity index (χ3n) is 25.0. The Balaban J connectivity index is 0.000000143. The van der Waals surface area contributed by atoms with E-state index in [4.69, 9.17) is 34.9 Å². The molecular formula is C119H75N9. The van der Waals surface area contributed by atoms with Crippen LogP contribution in [0, 0.1) is 0 Å². The van der Waals surface area contributed by atoms with Crippen LogP contribution in [0.5, 0.6) is 0 Å². The second kappa shape index (κ2) is 31.6. The molecule has 128 heavy (non-hydrogen) atoms. The highest BCUT2D eigenvalue weighted by atomic mass is 15.0. The van der Waals surface area contributed by atoms with Gasteiger partial charge in [-0.05, 0) is 167 Å². The van der Waals surface area contributed by atoms with Gasteiger partial charge in [0.05, 0.1) is 55.9 Å². The minimum Gasteiger partial charge on any atom is -0.308 e. The SMILES string of the molecule is c1ccc(-c2ccc(-c3cc(-c4ccccc4)nc(-c4ccc(-n5c6ccccc6c6c(-c7cc8ccccc8c8ccccc78)nc7ccccc7c65)cc4)n3)cc2)cc1.c1ccc(-c2ccc(-c3nc(-c4ccc(-c5ccccc5)cc4)nc(-c4ccc(-n5c6ccccc6c6c(-c7cc8ccccc8c8ccccc78)nc7ccccc7c65)cc4)n3)cc2)cc1. The van der Waals surface area contributed by atoms with Crippen LogP contribution in [0.4, 0.5) is 0 Å². The van der Waals surface area contributed by atoms with Gasteiger partial charge in [0, 0.05) is 88.2 Å². The minimum absolute atomic E-state index is 0.605. The van der Waals surface area contributed by atoms with Crippen LogP contribution in [0.15, 0.2) is 455 Å². The van der Waals surface area contributed by atoms with Crippen molar-refractivity contribution < 1.29 is 0 Å². The first kappa shape index (κ1) is 74.6. The molecule has 6 heterocycles. The molecule has 6 aromatic heterocycles. The number of rotatable bonds is 13. The summed E-state index contributed by atoms with van der Waals surface area (Å²) in [6.45, 7) is 0. The maximum Gasteiger partial charge on any atom is 0.164 e. The Bertz CT molecular complexity index is 8520. The summed E-state index contributed by atoms with van der Waals surface area (Å²) in [5, 5.41) is 16.5. The predicted molar refractivity (Wildman–Crippen MR) is 531 cm³/mol. The van der Waals surface area contributed by atoms with Gasteiger partial charge in [-0.1, -0.05) is 364 Å². The molecule has 0 bridgehead atoms. The second-order valence-electron chi connectivity index (χ2n) is 32.5. The Kier molecular flexibility index (Phi) is 18.4. The molecule has 9 nitrogen and oxygen atoms in total. The van der Waals surface area contributed by atoms with Crippen molar-refractivity contribution in [3.8, 4) is 135 Å². The molecule has 25 rings (SSSR count). The number of pyridine rings is 2. The Hall–Kier alpha value is -17.3. The molecule has 0 aliphatic heterocycles. The van der Waals surface area contributed by atoms with E-state index >= 15 is 0 Å². The summed E-state index contributed by atoms with van der Waals surface area (Å²) in [6.07, 6.45) is 0. The monoisotopic (exact) mass is 1630 g/mol. The topological polar surface area (TPSA) is 100 Å². The lowest BCUT2D eigenvalue weighted by Gasteiger charge is -2.15. The number of hydrogen-bond donors (Lipinski definition) is 0. The van der Waals surface area contributed by atoms with E-state index in [1.807, 2.05) is 24.3 Å². The lowest BCUT2D eigenvalue weighted by molar-refractivity contribution is 1.07. The first-order valence-electron chi connectivity index (χ1n) is 43.3. The van der Waals surface area contributed by atoms with Gasteiger partial charge in [0.25, 0.3) is 0 Å². The van der Waals surface area contributed by atoms with Crippen molar-refractivity contribution in [3.63, 3.8) is 0 Å². The van der Waals surface area contributed by atoms with E-state index in [1.54, 1.807) is 0 Å². The molecule has 596 valence electrons. The highest BCUT2D eigenvalue weighted by Gasteiger charge is 2.27. The van der Waals surface area contributed by atoms with Gasteiger partial charge < -0.3 is 9.13 Å². The average Bonchev–Trinajstić information content (AvgIpc) is 1.55. The van der Waals surface area contributed by atoms with Crippen molar-refractivity contribution in [2.24, 2.45) is 0 Å². The van der Waals surface area contributed by atoms with Crippen molar-refractivity contribution in [2.75, 3.05) is 0 Å². The van der Waals surface area contributed by atoms with Crippen LogP contribution in [0.3, 0.4) is 0 Å². The first-order chi connectivity index (χ1) is 63.5. The molecule has 0 N–H and O–H groups in total. The number of aromatic nitrogens is 9. The molecule has 0 unspecified atom stereocenters. The van der Waals surface area contributed by atoms with E-state index in [2.05, 4.69) is 440 Å². The Labute approximate surface area is 737 Å². The molecule has 0 fully saturated rings. The van der Waals surface area contributed by atoms with Crippen LogP contribution in [0.2, 0.25) is 0 Å². The molecule has 9 heteroatoms. The number of hydrogen-bond acceptors (Lipinski definition) is 7. The van der Waals surface area contributed by atoms with Gasteiger partial charge in [0.1, 0.15) is 0 Å². The van der Waals surface area contributed by atoms with E-state index in [0.29, 0.717) is 23.3 Å². The van der Waals surface area contributed by atoms with E-state index in [0.717, 1.165) is 166 Å². The van der Waals surface area contributed by atoms with Gasteiger partial charge in [0.2, 0.25) is 0 Å². The summed E-state index contributed by atoms with van der Waals surface area (Å²) in [4.78, 5) is 36.8. The fourth-order valence-corrected chi connectivity index (χ4v) is 18.9. The minimum atomic E-state index is 0.605. The second-order valence-corrected chi connectivity index (χ2v) is 32.5. The largest absolute Gasteiger partial charge is 0.308 e. The highest BCUT2D eigenvalue weighted by Crippen LogP contribution is 2.48. The lowest BCUT2D eigenvalue weighted by Crippen LogP contribution is -2.01. The van der Waals surface area contributed by atoms with Gasteiger partial charge in [0.15, 0.2) is 23.3 Å². The van der Waals surface area contributed by atoms with Crippen molar-refractivity contribution >= 4 is 109 Å². The Morgan fingerprint density at radius 1 is 0.164 bits per heavy atom. The predicted octanol–water partition coefficient (Wildman–Crippen LogP) is 30.6. The molecule has 0 saturated carbocycles.